The lowest BCUT2D eigenvalue weighted by Gasteiger charge is -2.39. The van der Waals surface area contributed by atoms with E-state index in [9.17, 15) is 0 Å². The lowest BCUT2D eigenvalue weighted by molar-refractivity contribution is 0.0924. The fourth-order valence-corrected chi connectivity index (χ4v) is 3.54. The highest BCUT2D eigenvalue weighted by Crippen LogP contribution is 2.19. The van der Waals surface area contributed by atoms with Gasteiger partial charge in [-0.2, -0.15) is 0 Å². The van der Waals surface area contributed by atoms with E-state index in [1.165, 1.54) is 22.3 Å². The van der Waals surface area contributed by atoms with Crippen LogP contribution in [0.25, 0.3) is 0 Å². The number of aryl methyl sites for hydroxylation is 3. The zero-order valence-corrected chi connectivity index (χ0v) is 14.2. The maximum atomic E-state index is 5.87. The molecule has 0 aliphatic carbocycles. The number of nitrogens with zero attached hydrogens (tertiary/aromatic N) is 2. The highest BCUT2D eigenvalue weighted by atomic mass is 15.3. The van der Waals surface area contributed by atoms with E-state index in [4.69, 9.17) is 5.73 Å². The van der Waals surface area contributed by atoms with Crippen LogP contribution >= 0.6 is 0 Å². The van der Waals surface area contributed by atoms with Crippen LogP contribution in [0.4, 0.5) is 0 Å². The van der Waals surface area contributed by atoms with Crippen molar-refractivity contribution in [1.82, 2.24) is 9.80 Å². The van der Waals surface area contributed by atoms with E-state index in [1.807, 2.05) is 0 Å². The van der Waals surface area contributed by atoms with E-state index in [0.717, 1.165) is 45.7 Å². The second kappa shape index (κ2) is 7.39. The SMILES string of the molecule is CCC(CN)N1CCN(Cc2c(C)cc(C)cc2C)CC1. The van der Waals surface area contributed by atoms with Crippen LogP contribution in [0.2, 0.25) is 0 Å². The molecule has 3 nitrogen and oxygen atoms in total. The van der Waals surface area contributed by atoms with Crippen LogP contribution in [0.5, 0.6) is 0 Å². The number of rotatable bonds is 5. The van der Waals surface area contributed by atoms with E-state index in [1.54, 1.807) is 0 Å². The van der Waals surface area contributed by atoms with Gasteiger partial charge in [-0.25, -0.2) is 0 Å². The lowest BCUT2D eigenvalue weighted by Crippen LogP contribution is -2.51. The molecule has 1 aliphatic heterocycles. The standard InChI is InChI=1S/C18H31N3/c1-5-17(12-19)21-8-6-20(7-9-21)13-18-15(3)10-14(2)11-16(18)4/h10-11,17H,5-9,12-13,19H2,1-4H3. The Morgan fingerprint density at radius 2 is 1.62 bits per heavy atom. The molecule has 0 spiro atoms. The summed E-state index contributed by atoms with van der Waals surface area (Å²) in [5, 5.41) is 0. The van der Waals surface area contributed by atoms with Crippen molar-refractivity contribution in [3.05, 3.63) is 34.4 Å². The molecule has 1 aromatic carbocycles. The van der Waals surface area contributed by atoms with Crippen LogP contribution in [0.1, 0.15) is 35.6 Å². The Kier molecular flexibility index (Phi) is 5.80. The van der Waals surface area contributed by atoms with Gasteiger partial charge >= 0.3 is 0 Å². The highest BCUT2D eigenvalue weighted by molar-refractivity contribution is 5.37. The maximum absolute atomic E-state index is 5.87. The molecule has 1 aromatic rings. The zero-order chi connectivity index (χ0) is 15.4. The average molecular weight is 289 g/mol. The van der Waals surface area contributed by atoms with Gasteiger partial charge in [0.25, 0.3) is 0 Å². The zero-order valence-electron chi connectivity index (χ0n) is 14.2. The first-order valence-electron chi connectivity index (χ1n) is 8.28. The van der Waals surface area contributed by atoms with Gasteiger partial charge in [0.1, 0.15) is 0 Å². The van der Waals surface area contributed by atoms with Crippen molar-refractivity contribution in [3.63, 3.8) is 0 Å². The summed E-state index contributed by atoms with van der Waals surface area (Å²) >= 11 is 0. The van der Waals surface area contributed by atoms with Crippen LogP contribution in [-0.4, -0.2) is 48.6 Å². The predicted molar refractivity (Wildman–Crippen MR) is 90.6 cm³/mol. The largest absolute Gasteiger partial charge is 0.329 e. The van der Waals surface area contributed by atoms with Gasteiger partial charge in [-0.05, 0) is 43.9 Å². The summed E-state index contributed by atoms with van der Waals surface area (Å²) in [4.78, 5) is 5.15. The third kappa shape index (κ3) is 4.06. The summed E-state index contributed by atoms with van der Waals surface area (Å²) in [6.07, 6.45) is 1.16. The van der Waals surface area contributed by atoms with E-state index >= 15 is 0 Å². The molecular weight excluding hydrogens is 258 g/mol. The molecule has 0 radical (unpaired) electrons. The average Bonchev–Trinajstić information content (AvgIpc) is 2.45. The van der Waals surface area contributed by atoms with Crippen LogP contribution < -0.4 is 5.73 Å². The van der Waals surface area contributed by atoms with Crippen LogP contribution in [0, 0.1) is 20.8 Å². The van der Waals surface area contributed by atoms with Crippen molar-refractivity contribution in [2.75, 3.05) is 32.7 Å². The quantitative estimate of drug-likeness (QED) is 0.904. The first-order chi connectivity index (χ1) is 10.0. The number of benzene rings is 1. The fourth-order valence-electron chi connectivity index (χ4n) is 3.54. The maximum Gasteiger partial charge on any atom is 0.0240 e. The van der Waals surface area contributed by atoms with Gasteiger partial charge in [0.2, 0.25) is 0 Å². The minimum Gasteiger partial charge on any atom is -0.329 e. The Labute approximate surface area is 130 Å². The van der Waals surface area contributed by atoms with E-state index in [0.29, 0.717) is 6.04 Å². The number of nitrogens with two attached hydrogens (primary N) is 1. The molecule has 1 unspecified atom stereocenters. The first-order valence-corrected chi connectivity index (χ1v) is 8.28. The van der Waals surface area contributed by atoms with Crippen molar-refractivity contribution >= 4 is 0 Å². The normalized spacial score (nSPS) is 18.9. The Balaban J connectivity index is 1.95. The third-order valence-corrected chi connectivity index (χ3v) is 4.89. The monoisotopic (exact) mass is 289 g/mol. The summed E-state index contributed by atoms with van der Waals surface area (Å²) in [5.41, 5.74) is 11.6. The van der Waals surface area contributed by atoms with E-state index in [2.05, 4.69) is 49.6 Å². The molecule has 1 heterocycles. The highest BCUT2D eigenvalue weighted by Gasteiger charge is 2.22. The Bertz CT molecular complexity index is 435. The summed E-state index contributed by atoms with van der Waals surface area (Å²) in [7, 11) is 0. The van der Waals surface area contributed by atoms with Crippen LogP contribution in [0.3, 0.4) is 0 Å². The predicted octanol–water partition coefficient (Wildman–Crippen LogP) is 2.47. The molecule has 0 aromatic heterocycles. The fraction of sp³-hybridized carbons (Fsp3) is 0.667. The minimum atomic E-state index is 0.565. The molecule has 2 rings (SSSR count). The molecule has 2 N–H and O–H groups in total. The minimum absolute atomic E-state index is 0.565. The van der Waals surface area contributed by atoms with Gasteiger partial charge in [-0.3, -0.25) is 9.80 Å². The molecule has 118 valence electrons. The lowest BCUT2D eigenvalue weighted by atomic mass is 9.99. The first kappa shape index (κ1) is 16.5. The second-order valence-electron chi connectivity index (χ2n) is 6.49. The van der Waals surface area contributed by atoms with Gasteiger partial charge in [0.15, 0.2) is 0 Å². The molecule has 0 amide bonds. The van der Waals surface area contributed by atoms with E-state index < -0.39 is 0 Å². The molecule has 0 saturated carbocycles. The van der Waals surface area contributed by atoms with Crippen molar-refractivity contribution < 1.29 is 0 Å². The number of hydrogen-bond donors (Lipinski definition) is 1. The molecule has 21 heavy (non-hydrogen) atoms. The van der Waals surface area contributed by atoms with Crippen molar-refractivity contribution in [2.45, 2.75) is 46.7 Å². The summed E-state index contributed by atoms with van der Waals surface area (Å²) < 4.78 is 0. The van der Waals surface area contributed by atoms with Gasteiger partial charge in [-0.1, -0.05) is 24.6 Å². The summed E-state index contributed by atoms with van der Waals surface area (Å²) in [6, 6.07) is 5.18. The van der Waals surface area contributed by atoms with Crippen molar-refractivity contribution in [3.8, 4) is 0 Å². The van der Waals surface area contributed by atoms with Gasteiger partial charge in [0, 0.05) is 45.3 Å². The molecule has 1 fully saturated rings. The smallest absolute Gasteiger partial charge is 0.0240 e. The molecule has 1 atom stereocenters. The molecule has 1 saturated heterocycles. The Morgan fingerprint density at radius 1 is 1.05 bits per heavy atom. The Morgan fingerprint density at radius 3 is 2.10 bits per heavy atom. The molecule has 0 bridgehead atoms. The van der Waals surface area contributed by atoms with Gasteiger partial charge < -0.3 is 5.73 Å². The van der Waals surface area contributed by atoms with Crippen LogP contribution in [0.15, 0.2) is 12.1 Å². The number of piperazine rings is 1. The molecular formula is C18H31N3. The van der Waals surface area contributed by atoms with Crippen molar-refractivity contribution in [2.24, 2.45) is 5.73 Å². The Hall–Kier alpha value is -0.900. The van der Waals surface area contributed by atoms with Gasteiger partial charge in [0.05, 0.1) is 0 Å². The van der Waals surface area contributed by atoms with Crippen molar-refractivity contribution in [1.29, 1.82) is 0 Å². The summed E-state index contributed by atoms with van der Waals surface area (Å²) in [6.45, 7) is 15.4. The topological polar surface area (TPSA) is 32.5 Å². The van der Waals surface area contributed by atoms with E-state index in [-0.39, 0.29) is 0 Å². The summed E-state index contributed by atoms with van der Waals surface area (Å²) in [5.74, 6) is 0. The molecule has 1 aliphatic rings. The number of hydrogen-bond acceptors (Lipinski definition) is 3. The second-order valence-corrected chi connectivity index (χ2v) is 6.49. The van der Waals surface area contributed by atoms with Crippen LogP contribution in [-0.2, 0) is 6.54 Å². The molecule has 3 heteroatoms. The third-order valence-electron chi connectivity index (χ3n) is 4.89. The van der Waals surface area contributed by atoms with Gasteiger partial charge in [-0.15, -0.1) is 0 Å².